The molecular weight excluding hydrogens is 336 g/mol. The molecule has 2 N–H and O–H groups in total. The molecule has 0 aromatic heterocycles. The van der Waals surface area contributed by atoms with Crippen LogP contribution in [-0.4, -0.2) is 11.8 Å². The summed E-state index contributed by atoms with van der Waals surface area (Å²) in [5, 5.41) is 6.33. The normalized spacial score (nSPS) is 16.1. The first-order valence-electron chi connectivity index (χ1n) is 8.39. The maximum Gasteiger partial charge on any atom is 0.227 e. The summed E-state index contributed by atoms with van der Waals surface area (Å²) in [6.45, 7) is 3.88. The fourth-order valence-electron chi connectivity index (χ4n) is 3.23. The summed E-state index contributed by atoms with van der Waals surface area (Å²) in [4.78, 5) is 24.5. The van der Waals surface area contributed by atoms with E-state index in [1.807, 2.05) is 50.2 Å². The molecule has 5 heteroatoms. The number of nitrogens with one attached hydrogen (secondary N) is 2. The van der Waals surface area contributed by atoms with Gasteiger partial charge >= 0.3 is 0 Å². The van der Waals surface area contributed by atoms with Gasteiger partial charge in [0.15, 0.2) is 0 Å². The number of hydrogen-bond donors (Lipinski definition) is 2. The van der Waals surface area contributed by atoms with E-state index < -0.39 is 0 Å². The number of amides is 2. The van der Waals surface area contributed by atoms with Crippen LogP contribution < -0.4 is 10.6 Å². The van der Waals surface area contributed by atoms with Crippen LogP contribution in [0.1, 0.15) is 29.5 Å². The lowest BCUT2D eigenvalue weighted by atomic mass is 9.89. The van der Waals surface area contributed by atoms with E-state index in [2.05, 4.69) is 10.6 Å². The van der Waals surface area contributed by atoms with Crippen molar-refractivity contribution >= 4 is 34.8 Å². The second-order valence-electron chi connectivity index (χ2n) is 6.57. The van der Waals surface area contributed by atoms with Crippen LogP contribution in [0.2, 0.25) is 5.02 Å². The van der Waals surface area contributed by atoms with E-state index in [0.717, 1.165) is 22.4 Å². The lowest BCUT2D eigenvalue weighted by Gasteiger charge is -2.24. The summed E-state index contributed by atoms with van der Waals surface area (Å²) in [5.41, 5.74) is 4.62. The van der Waals surface area contributed by atoms with Crippen LogP contribution in [0.4, 0.5) is 11.4 Å². The first kappa shape index (κ1) is 17.5. The van der Waals surface area contributed by atoms with Crippen LogP contribution in [0.25, 0.3) is 0 Å². The van der Waals surface area contributed by atoms with E-state index in [4.69, 9.17) is 11.6 Å². The van der Waals surface area contributed by atoms with Crippen LogP contribution in [-0.2, 0) is 16.0 Å². The molecule has 0 spiro atoms. The van der Waals surface area contributed by atoms with Crippen LogP contribution in [0, 0.1) is 19.8 Å². The predicted octanol–water partition coefficient (Wildman–Crippen LogP) is 4.49. The molecule has 130 valence electrons. The molecule has 0 fully saturated rings. The van der Waals surface area contributed by atoms with Crippen molar-refractivity contribution in [1.29, 1.82) is 0 Å². The highest BCUT2D eigenvalue weighted by Crippen LogP contribution is 2.29. The van der Waals surface area contributed by atoms with Crippen molar-refractivity contribution in [3.63, 3.8) is 0 Å². The highest BCUT2D eigenvalue weighted by atomic mass is 35.5. The number of rotatable bonds is 4. The first-order valence-corrected chi connectivity index (χ1v) is 8.77. The molecule has 25 heavy (non-hydrogen) atoms. The summed E-state index contributed by atoms with van der Waals surface area (Å²) < 4.78 is 0. The molecular formula is C20H21ClN2O2. The second kappa shape index (κ2) is 7.28. The Bertz CT molecular complexity index is 809. The number of aryl methyl sites for hydroxylation is 2. The highest BCUT2D eigenvalue weighted by Gasteiger charge is 2.26. The predicted molar refractivity (Wildman–Crippen MR) is 101 cm³/mol. The average Bonchev–Trinajstić information content (AvgIpc) is 2.56. The Balaban J connectivity index is 1.61. The van der Waals surface area contributed by atoms with E-state index in [0.29, 0.717) is 23.6 Å². The van der Waals surface area contributed by atoms with Gasteiger partial charge < -0.3 is 10.6 Å². The molecule has 2 aromatic carbocycles. The average molecular weight is 357 g/mol. The zero-order valence-corrected chi connectivity index (χ0v) is 15.1. The summed E-state index contributed by atoms with van der Waals surface area (Å²) in [5.74, 6) is -0.327. The van der Waals surface area contributed by atoms with Crippen molar-refractivity contribution in [3.05, 3.63) is 58.1 Å². The van der Waals surface area contributed by atoms with Crippen LogP contribution >= 0.6 is 11.6 Å². The molecule has 0 saturated carbocycles. The van der Waals surface area contributed by atoms with E-state index in [1.165, 1.54) is 0 Å². The Morgan fingerprint density at radius 3 is 2.80 bits per heavy atom. The number of carbonyl (C=O) groups excluding carboxylic acids is 2. The van der Waals surface area contributed by atoms with E-state index in [1.54, 1.807) is 0 Å². The van der Waals surface area contributed by atoms with Crippen molar-refractivity contribution in [2.45, 2.75) is 33.1 Å². The van der Waals surface area contributed by atoms with Crippen molar-refractivity contribution in [1.82, 2.24) is 0 Å². The quantitative estimate of drug-likeness (QED) is 0.848. The number of para-hydroxylation sites is 1. The standard InChI is InChI=1S/C20H21ClN2O2/c1-12-9-13(2)19(16(21)10-12)23-18(24)8-7-15-11-14-5-3-4-6-17(14)22-20(15)25/h3-6,9-10,15H,7-8,11H2,1-2H3,(H,22,25)(H,23,24)/t15-/m0/s1. The molecule has 3 rings (SSSR count). The number of fused-ring (bicyclic) bond motifs is 1. The fraction of sp³-hybridized carbons (Fsp3) is 0.300. The van der Waals surface area contributed by atoms with Gasteiger partial charge in [0, 0.05) is 18.0 Å². The number of hydrogen-bond acceptors (Lipinski definition) is 2. The minimum Gasteiger partial charge on any atom is -0.326 e. The zero-order valence-electron chi connectivity index (χ0n) is 14.4. The second-order valence-corrected chi connectivity index (χ2v) is 6.98. The van der Waals surface area contributed by atoms with Gasteiger partial charge in [-0.15, -0.1) is 0 Å². The third-order valence-corrected chi connectivity index (χ3v) is 4.83. The third kappa shape index (κ3) is 4.02. The number of anilines is 2. The van der Waals surface area contributed by atoms with Gasteiger partial charge in [0.25, 0.3) is 0 Å². The number of benzene rings is 2. The summed E-state index contributed by atoms with van der Waals surface area (Å²) in [6, 6.07) is 11.6. The molecule has 0 radical (unpaired) electrons. The van der Waals surface area contributed by atoms with Crippen molar-refractivity contribution in [3.8, 4) is 0 Å². The molecule has 0 bridgehead atoms. The van der Waals surface area contributed by atoms with Crippen molar-refractivity contribution in [2.75, 3.05) is 10.6 Å². The van der Waals surface area contributed by atoms with Gasteiger partial charge in [-0.25, -0.2) is 0 Å². The molecule has 0 aliphatic carbocycles. The number of carbonyl (C=O) groups is 2. The highest BCUT2D eigenvalue weighted by molar-refractivity contribution is 6.34. The SMILES string of the molecule is Cc1cc(C)c(NC(=O)CC[C@H]2Cc3ccccc3NC2=O)c(Cl)c1. The van der Waals surface area contributed by atoms with Crippen molar-refractivity contribution < 1.29 is 9.59 Å². The Kier molecular flexibility index (Phi) is 5.09. The molecule has 2 amide bonds. The fourth-order valence-corrected chi connectivity index (χ4v) is 3.60. The molecule has 4 nitrogen and oxygen atoms in total. The molecule has 2 aromatic rings. The largest absolute Gasteiger partial charge is 0.326 e. The third-order valence-electron chi connectivity index (χ3n) is 4.53. The van der Waals surface area contributed by atoms with Crippen molar-refractivity contribution in [2.24, 2.45) is 5.92 Å². The molecule has 1 aliphatic rings. The van der Waals surface area contributed by atoms with Gasteiger partial charge in [-0.1, -0.05) is 35.9 Å². The summed E-state index contributed by atoms with van der Waals surface area (Å²) in [7, 11) is 0. The minimum atomic E-state index is -0.185. The summed E-state index contributed by atoms with van der Waals surface area (Å²) in [6.07, 6.45) is 1.46. The Morgan fingerprint density at radius 2 is 2.04 bits per heavy atom. The molecule has 0 unspecified atom stereocenters. The topological polar surface area (TPSA) is 58.2 Å². The van der Waals surface area contributed by atoms with Gasteiger partial charge in [-0.3, -0.25) is 9.59 Å². The Hall–Kier alpha value is -2.33. The summed E-state index contributed by atoms with van der Waals surface area (Å²) >= 11 is 6.23. The van der Waals surface area contributed by atoms with Gasteiger partial charge in [-0.2, -0.15) is 0 Å². The lowest BCUT2D eigenvalue weighted by molar-refractivity contribution is -0.121. The molecule has 1 aliphatic heterocycles. The molecule has 0 saturated heterocycles. The lowest BCUT2D eigenvalue weighted by Crippen LogP contribution is -2.30. The van der Waals surface area contributed by atoms with Gasteiger partial charge in [0.05, 0.1) is 10.7 Å². The Labute approximate surface area is 152 Å². The van der Waals surface area contributed by atoms with Crippen LogP contribution in [0.15, 0.2) is 36.4 Å². The maximum atomic E-state index is 12.3. The van der Waals surface area contributed by atoms with E-state index in [-0.39, 0.29) is 24.2 Å². The van der Waals surface area contributed by atoms with E-state index >= 15 is 0 Å². The zero-order chi connectivity index (χ0) is 18.0. The maximum absolute atomic E-state index is 12.3. The molecule has 1 atom stereocenters. The van der Waals surface area contributed by atoms with Gasteiger partial charge in [-0.05, 0) is 55.5 Å². The monoisotopic (exact) mass is 356 g/mol. The van der Waals surface area contributed by atoms with Crippen LogP contribution in [0.3, 0.4) is 0 Å². The number of halogens is 1. The van der Waals surface area contributed by atoms with Gasteiger partial charge in [0.1, 0.15) is 0 Å². The van der Waals surface area contributed by atoms with Crippen LogP contribution in [0.5, 0.6) is 0 Å². The smallest absolute Gasteiger partial charge is 0.227 e. The van der Waals surface area contributed by atoms with E-state index in [9.17, 15) is 9.59 Å². The Morgan fingerprint density at radius 1 is 1.28 bits per heavy atom. The first-order chi connectivity index (χ1) is 11.9. The molecule has 1 heterocycles. The minimum absolute atomic E-state index is 0.0175. The van der Waals surface area contributed by atoms with Gasteiger partial charge in [0.2, 0.25) is 11.8 Å².